The molecule has 0 saturated carbocycles. The van der Waals surface area contributed by atoms with Gasteiger partial charge >= 0.3 is 0 Å². The van der Waals surface area contributed by atoms with Crippen LogP contribution in [0.2, 0.25) is 5.02 Å². The average molecular weight is 246 g/mol. The van der Waals surface area contributed by atoms with Crippen molar-refractivity contribution < 1.29 is 8.42 Å². The maximum Gasteiger partial charge on any atom is 0.235 e. The maximum atomic E-state index is 11.7. The molecule has 15 heavy (non-hydrogen) atoms. The van der Waals surface area contributed by atoms with Crippen molar-refractivity contribution in [2.45, 2.75) is 13.3 Å². The molecule has 0 aliphatic carbocycles. The van der Waals surface area contributed by atoms with Crippen LogP contribution in [0, 0.1) is 6.92 Å². The molecule has 1 aliphatic heterocycles. The fourth-order valence-electron chi connectivity index (χ4n) is 1.83. The smallest absolute Gasteiger partial charge is 0.235 e. The molecule has 0 N–H and O–H groups in total. The first-order valence-corrected chi connectivity index (χ1v) is 6.76. The number of hydrogen-bond donors (Lipinski definition) is 0. The van der Waals surface area contributed by atoms with Gasteiger partial charge in [-0.15, -0.1) is 0 Å². The standard InChI is InChI=1S/C10H12ClNO2S/c1-8-4-2-5-9(11)10(8)12-6-3-7-15(12,13)14/h2,4-5H,3,6-7H2,1H3. The first-order valence-electron chi connectivity index (χ1n) is 4.78. The zero-order chi connectivity index (χ0) is 11.1. The third-order valence-corrected chi connectivity index (χ3v) is 4.68. The highest BCUT2D eigenvalue weighted by molar-refractivity contribution is 7.93. The zero-order valence-electron chi connectivity index (χ0n) is 8.40. The van der Waals surface area contributed by atoms with Gasteiger partial charge in [0.1, 0.15) is 0 Å². The summed E-state index contributed by atoms with van der Waals surface area (Å²) in [5.41, 5.74) is 1.53. The van der Waals surface area contributed by atoms with E-state index < -0.39 is 10.0 Å². The van der Waals surface area contributed by atoms with E-state index in [0.717, 1.165) is 5.56 Å². The summed E-state index contributed by atoms with van der Waals surface area (Å²) >= 11 is 6.03. The number of rotatable bonds is 1. The van der Waals surface area contributed by atoms with Crippen molar-refractivity contribution >= 4 is 27.3 Å². The fraction of sp³-hybridized carbons (Fsp3) is 0.400. The predicted molar refractivity (Wildman–Crippen MR) is 61.9 cm³/mol. The van der Waals surface area contributed by atoms with Crippen LogP contribution >= 0.6 is 11.6 Å². The summed E-state index contributed by atoms with van der Waals surface area (Å²) in [6, 6.07) is 5.41. The molecule has 5 heteroatoms. The Morgan fingerprint density at radius 2 is 2.13 bits per heavy atom. The Bertz CT molecular complexity index is 464. The second-order valence-corrected chi connectivity index (χ2v) is 6.07. The third kappa shape index (κ3) is 1.84. The predicted octanol–water partition coefficient (Wildman–Crippen LogP) is 2.19. The lowest BCUT2D eigenvalue weighted by Crippen LogP contribution is -2.26. The van der Waals surface area contributed by atoms with E-state index in [1.807, 2.05) is 19.1 Å². The van der Waals surface area contributed by atoms with Crippen molar-refractivity contribution in [1.29, 1.82) is 0 Å². The molecular weight excluding hydrogens is 234 g/mol. The van der Waals surface area contributed by atoms with Crippen LogP contribution in [-0.4, -0.2) is 20.7 Å². The molecule has 0 radical (unpaired) electrons. The summed E-state index contributed by atoms with van der Waals surface area (Å²) in [6.07, 6.45) is 0.674. The van der Waals surface area contributed by atoms with Crippen LogP contribution in [-0.2, 0) is 10.0 Å². The highest BCUT2D eigenvalue weighted by Gasteiger charge is 2.30. The Morgan fingerprint density at radius 1 is 1.40 bits per heavy atom. The van der Waals surface area contributed by atoms with Gasteiger partial charge in [-0.05, 0) is 25.0 Å². The summed E-state index contributed by atoms with van der Waals surface area (Å²) in [4.78, 5) is 0. The van der Waals surface area contributed by atoms with Crippen LogP contribution in [0.1, 0.15) is 12.0 Å². The monoisotopic (exact) mass is 245 g/mol. The van der Waals surface area contributed by atoms with Crippen LogP contribution in [0.4, 0.5) is 5.69 Å². The van der Waals surface area contributed by atoms with Gasteiger partial charge < -0.3 is 0 Å². The number of anilines is 1. The van der Waals surface area contributed by atoms with Crippen molar-refractivity contribution in [1.82, 2.24) is 0 Å². The van der Waals surface area contributed by atoms with Gasteiger partial charge in [-0.2, -0.15) is 0 Å². The van der Waals surface area contributed by atoms with Crippen LogP contribution in [0.3, 0.4) is 0 Å². The van der Waals surface area contributed by atoms with E-state index in [9.17, 15) is 8.42 Å². The van der Waals surface area contributed by atoms with Crippen molar-refractivity contribution in [3.05, 3.63) is 28.8 Å². The highest BCUT2D eigenvalue weighted by atomic mass is 35.5. The molecule has 82 valence electrons. The molecule has 1 saturated heterocycles. The first kappa shape index (κ1) is 10.8. The second kappa shape index (κ2) is 3.68. The minimum atomic E-state index is -3.14. The molecule has 0 amide bonds. The molecule has 0 aromatic heterocycles. The molecule has 1 aliphatic rings. The number of para-hydroxylation sites is 1. The van der Waals surface area contributed by atoms with E-state index in [2.05, 4.69) is 0 Å². The summed E-state index contributed by atoms with van der Waals surface area (Å²) in [5.74, 6) is 0.220. The molecular formula is C10H12ClNO2S. The minimum absolute atomic E-state index is 0.220. The lowest BCUT2D eigenvalue weighted by Gasteiger charge is -2.20. The van der Waals surface area contributed by atoms with Crippen LogP contribution in [0.25, 0.3) is 0 Å². The van der Waals surface area contributed by atoms with E-state index in [4.69, 9.17) is 11.6 Å². The third-order valence-electron chi connectivity index (χ3n) is 2.54. The van der Waals surface area contributed by atoms with Gasteiger partial charge in [0.05, 0.1) is 16.5 Å². The molecule has 0 unspecified atom stereocenters. The number of hydrogen-bond acceptors (Lipinski definition) is 2. The number of halogens is 1. The van der Waals surface area contributed by atoms with Gasteiger partial charge in [0.2, 0.25) is 10.0 Å². The quantitative estimate of drug-likeness (QED) is 0.761. The van der Waals surface area contributed by atoms with E-state index >= 15 is 0 Å². The van der Waals surface area contributed by atoms with E-state index in [0.29, 0.717) is 23.7 Å². The van der Waals surface area contributed by atoms with E-state index in [1.165, 1.54) is 4.31 Å². The largest absolute Gasteiger partial charge is 0.268 e. The Balaban J connectivity index is 2.55. The van der Waals surface area contributed by atoms with E-state index in [-0.39, 0.29) is 5.75 Å². The Kier molecular flexibility index (Phi) is 2.64. The number of nitrogens with zero attached hydrogens (tertiary/aromatic N) is 1. The summed E-state index contributed by atoms with van der Waals surface area (Å²) in [6.45, 7) is 2.40. The first-order chi connectivity index (χ1) is 7.02. The lowest BCUT2D eigenvalue weighted by molar-refractivity contribution is 0.599. The van der Waals surface area contributed by atoms with Crippen LogP contribution < -0.4 is 4.31 Å². The summed E-state index contributed by atoms with van der Waals surface area (Å²) < 4.78 is 24.9. The molecule has 1 heterocycles. The molecule has 0 spiro atoms. The second-order valence-electron chi connectivity index (χ2n) is 3.65. The maximum absolute atomic E-state index is 11.7. The van der Waals surface area contributed by atoms with Gasteiger partial charge in [0, 0.05) is 6.54 Å². The summed E-state index contributed by atoms with van der Waals surface area (Å²) in [5, 5.41) is 0.500. The van der Waals surface area contributed by atoms with Crippen molar-refractivity contribution in [2.24, 2.45) is 0 Å². The van der Waals surface area contributed by atoms with Crippen molar-refractivity contribution in [3.8, 4) is 0 Å². The Morgan fingerprint density at radius 3 is 2.67 bits per heavy atom. The van der Waals surface area contributed by atoms with Gasteiger partial charge in [-0.25, -0.2) is 8.42 Å². The number of sulfonamides is 1. The van der Waals surface area contributed by atoms with Gasteiger partial charge in [-0.3, -0.25) is 4.31 Å². The van der Waals surface area contributed by atoms with Gasteiger partial charge in [0.25, 0.3) is 0 Å². The molecule has 0 bridgehead atoms. The Labute approximate surface area is 94.7 Å². The van der Waals surface area contributed by atoms with Crippen molar-refractivity contribution in [3.63, 3.8) is 0 Å². The topological polar surface area (TPSA) is 37.4 Å². The average Bonchev–Trinajstić information content (AvgIpc) is 2.46. The Hall–Kier alpha value is -0.740. The van der Waals surface area contributed by atoms with Crippen LogP contribution in [0.15, 0.2) is 18.2 Å². The summed E-state index contributed by atoms with van der Waals surface area (Å²) in [7, 11) is -3.14. The molecule has 3 nitrogen and oxygen atoms in total. The van der Waals surface area contributed by atoms with Gasteiger partial charge in [0.15, 0.2) is 0 Å². The van der Waals surface area contributed by atoms with E-state index in [1.54, 1.807) is 6.07 Å². The number of aryl methyl sites for hydroxylation is 1. The molecule has 2 rings (SSSR count). The van der Waals surface area contributed by atoms with Crippen molar-refractivity contribution in [2.75, 3.05) is 16.6 Å². The van der Waals surface area contributed by atoms with Gasteiger partial charge in [-0.1, -0.05) is 23.7 Å². The normalized spacial score (nSPS) is 19.5. The molecule has 1 fully saturated rings. The zero-order valence-corrected chi connectivity index (χ0v) is 9.98. The SMILES string of the molecule is Cc1cccc(Cl)c1N1CCCS1(=O)=O. The highest BCUT2D eigenvalue weighted by Crippen LogP contribution is 2.33. The number of benzene rings is 1. The minimum Gasteiger partial charge on any atom is -0.268 e. The lowest BCUT2D eigenvalue weighted by atomic mass is 10.2. The molecule has 1 aromatic carbocycles. The van der Waals surface area contributed by atoms with Crippen LogP contribution in [0.5, 0.6) is 0 Å². The molecule has 0 atom stereocenters. The fourth-order valence-corrected chi connectivity index (χ4v) is 3.85. The molecule has 1 aromatic rings.